The van der Waals surface area contributed by atoms with Crippen LogP contribution in [0.5, 0.6) is 0 Å². The van der Waals surface area contributed by atoms with Gasteiger partial charge in [-0.05, 0) is 13.3 Å². The van der Waals surface area contributed by atoms with Gasteiger partial charge in [0.15, 0.2) is 0 Å². The molecular weight excluding hydrogens is 130 g/mol. The highest BCUT2D eigenvalue weighted by Crippen LogP contribution is 2.08. The molecule has 2 N–H and O–H groups in total. The molecule has 3 heteroatoms. The molecule has 0 fully saturated rings. The summed E-state index contributed by atoms with van der Waals surface area (Å²) in [5.74, 6) is -0.757. The van der Waals surface area contributed by atoms with Crippen LogP contribution >= 0.6 is 0 Å². The van der Waals surface area contributed by atoms with Gasteiger partial charge in [-0.25, -0.2) is 0 Å². The van der Waals surface area contributed by atoms with Crippen LogP contribution in [0, 0.1) is 0 Å². The third kappa shape index (κ3) is 1.57. The van der Waals surface area contributed by atoms with E-state index >= 15 is 0 Å². The maximum Gasteiger partial charge on any atom is 0.321 e. The number of rotatable bonds is 1. The summed E-state index contributed by atoms with van der Waals surface area (Å²) in [6.45, 7) is 2.64. The lowest BCUT2D eigenvalue weighted by molar-refractivity contribution is -0.139. The molecule has 0 bridgehead atoms. The zero-order valence-electron chi connectivity index (χ0n) is 5.92. The average molecular weight is 141 g/mol. The van der Waals surface area contributed by atoms with Crippen molar-refractivity contribution in [1.82, 2.24) is 5.32 Å². The standard InChI is InChI=1S/C7H11NO2/c1-5-2-3-8-6(4-5)7(9)10/h2,6,8H,3-4H2,1H3,(H,9,10). The van der Waals surface area contributed by atoms with Crippen molar-refractivity contribution in [3.05, 3.63) is 11.6 Å². The van der Waals surface area contributed by atoms with Gasteiger partial charge in [0.2, 0.25) is 0 Å². The average Bonchev–Trinajstić information content (AvgIpc) is 1.88. The minimum Gasteiger partial charge on any atom is -0.480 e. The van der Waals surface area contributed by atoms with Gasteiger partial charge in [0, 0.05) is 6.54 Å². The Labute approximate surface area is 59.7 Å². The highest BCUT2D eigenvalue weighted by atomic mass is 16.4. The van der Waals surface area contributed by atoms with E-state index in [4.69, 9.17) is 5.11 Å². The van der Waals surface area contributed by atoms with E-state index in [1.165, 1.54) is 0 Å². The van der Waals surface area contributed by atoms with Crippen molar-refractivity contribution >= 4 is 5.97 Å². The summed E-state index contributed by atoms with van der Waals surface area (Å²) in [5, 5.41) is 11.4. The summed E-state index contributed by atoms with van der Waals surface area (Å²) >= 11 is 0. The Morgan fingerprint density at radius 1 is 1.90 bits per heavy atom. The van der Waals surface area contributed by atoms with Crippen LogP contribution in [0.3, 0.4) is 0 Å². The molecule has 1 heterocycles. The minimum atomic E-state index is -0.757. The van der Waals surface area contributed by atoms with Crippen molar-refractivity contribution < 1.29 is 9.90 Å². The topological polar surface area (TPSA) is 49.3 Å². The number of hydrogen-bond donors (Lipinski definition) is 2. The highest BCUT2D eigenvalue weighted by molar-refractivity contribution is 5.74. The maximum absolute atomic E-state index is 10.4. The molecule has 1 aliphatic heterocycles. The molecule has 0 aliphatic carbocycles. The predicted octanol–water partition coefficient (Wildman–Crippen LogP) is 0.379. The van der Waals surface area contributed by atoms with E-state index in [1.807, 2.05) is 13.0 Å². The third-order valence-corrected chi connectivity index (χ3v) is 1.64. The third-order valence-electron chi connectivity index (χ3n) is 1.64. The number of carboxylic acid groups (broad SMARTS) is 1. The number of hydrogen-bond acceptors (Lipinski definition) is 2. The van der Waals surface area contributed by atoms with Crippen LogP contribution in [0.25, 0.3) is 0 Å². The van der Waals surface area contributed by atoms with Crippen molar-refractivity contribution in [2.24, 2.45) is 0 Å². The molecule has 0 saturated carbocycles. The number of aliphatic carboxylic acids is 1. The van der Waals surface area contributed by atoms with Gasteiger partial charge in [-0.1, -0.05) is 11.6 Å². The minimum absolute atomic E-state index is 0.370. The Kier molecular flexibility index (Phi) is 2.06. The molecule has 0 amide bonds. The molecule has 0 aromatic rings. The molecule has 1 rings (SSSR count). The van der Waals surface area contributed by atoms with Gasteiger partial charge in [0.05, 0.1) is 0 Å². The highest BCUT2D eigenvalue weighted by Gasteiger charge is 2.18. The molecule has 0 spiro atoms. The molecule has 56 valence electrons. The monoisotopic (exact) mass is 141 g/mol. The van der Waals surface area contributed by atoms with Gasteiger partial charge in [-0.15, -0.1) is 0 Å². The van der Waals surface area contributed by atoms with Crippen molar-refractivity contribution in [3.8, 4) is 0 Å². The summed E-state index contributed by atoms with van der Waals surface area (Å²) in [4.78, 5) is 10.4. The lowest BCUT2D eigenvalue weighted by Gasteiger charge is -2.18. The molecule has 3 nitrogen and oxygen atoms in total. The quantitative estimate of drug-likeness (QED) is 0.519. The first-order chi connectivity index (χ1) is 4.70. The van der Waals surface area contributed by atoms with E-state index in [0.717, 1.165) is 5.57 Å². The van der Waals surface area contributed by atoms with Crippen LogP contribution in [0.15, 0.2) is 11.6 Å². The van der Waals surface area contributed by atoms with Crippen LogP contribution in [-0.2, 0) is 4.79 Å². The number of nitrogens with one attached hydrogen (secondary N) is 1. The van der Waals surface area contributed by atoms with Gasteiger partial charge >= 0.3 is 5.97 Å². The van der Waals surface area contributed by atoms with E-state index < -0.39 is 5.97 Å². The fourth-order valence-corrected chi connectivity index (χ4v) is 1.03. The molecule has 0 radical (unpaired) electrons. The largest absolute Gasteiger partial charge is 0.480 e. The van der Waals surface area contributed by atoms with Crippen LogP contribution in [0.4, 0.5) is 0 Å². The summed E-state index contributed by atoms with van der Waals surface area (Å²) in [6, 6.07) is -0.370. The van der Waals surface area contributed by atoms with Gasteiger partial charge in [0.25, 0.3) is 0 Å². The van der Waals surface area contributed by atoms with Gasteiger partial charge in [-0.2, -0.15) is 0 Å². The Bertz CT molecular complexity index is 174. The zero-order valence-corrected chi connectivity index (χ0v) is 5.92. The molecule has 0 saturated heterocycles. The molecule has 0 aromatic carbocycles. The Morgan fingerprint density at radius 2 is 2.60 bits per heavy atom. The van der Waals surface area contributed by atoms with Crippen LogP contribution in [0.1, 0.15) is 13.3 Å². The first kappa shape index (κ1) is 7.28. The van der Waals surface area contributed by atoms with Crippen LogP contribution < -0.4 is 5.32 Å². The van der Waals surface area contributed by atoms with Crippen molar-refractivity contribution in [2.45, 2.75) is 19.4 Å². The fraction of sp³-hybridized carbons (Fsp3) is 0.571. The Hall–Kier alpha value is -0.830. The maximum atomic E-state index is 10.4. The number of carboxylic acids is 1. The second kappa shape index (κ2) is 2.84. The first-order valence-corrected chi connectivity index (χ1v) is 3.32. The second-order valence-corrected chi connectivity index (χ2v) is 2.55. The normalized spacial score (nSPS) is 25.7. The Morgan fingerprint density at radius 3 is 3.00 bits per heavy atom. The fourth-order valence-electron chi connectivity index (χ4n) is 1.03. The molecule has 1 aliphatic rings. The van der Waals surface area contributed by atoms with Crippen molar-refractivity contribution in [3.63, 3.8) is 0 Å². The van der Waals surface area contributed by atoms with Crippen molar-refractivity contribution in [1.29, 1.82) is 0 Å². The summed E-state index contributed by atoms with van der Waals surface area (Å²) < 4.78 is 0. The molecule has 10 heavy (non-hydrogen) atoms. The zero-order chi connectivity index (χ0) is 7.56. The van der Waals surface area contributed by atoms with Gasteiger partial charge < -0.3 is 10.4 Å². The smallest absolute Gasteiger partial charge is 0.321 e. The van der Waals surface area contributed by atoms with E-state index in [9.17, 15) is 4.79 Å². The predicted molar refractivity (Wildman–Crippen MR) is 37.8 cm³/mol. The first-order valence-electron chi connectivity index (χ1n) is 3.32. The van der Waals surface area contributed by atoms with Gasteiger partial charge in [0.1, 0.15) is 6.04 Å². The molecule has 0 aromatic heterocycles. The van der Waals surface area contributed by atoms with Gasteiger partial charge in [-0.3, -0.25) is 4.79 Å². The lowest BCUT2D eigenvalue weighted by Crippen LogP contribution is -2.39. The molecule has 1 unspecified atom stereocenters. The number of carbonyl (C=O) groups is 1. The van der Waals surface area contributed by atoms with E-state index in [-0.39, 0.29) is 6.04 Å². The van der Waals surface area contributed by atoms with Crippen LogP contribution in [-0.4, -0.2) is 23.7 Å². The summed E-state index contributed by atoms with van der Waals surface area (Å²) in [7, 11) is 0. The van der Waals surface area contributed by atoms with E-state index in [0.29, 0.717) is 13.0 Å². The molecule has 1 atom stereocenters. The van der Waals surface area contributed by atoms with Crippen molar-refractivity contribution in [2.75, 3.05) is 6.54 Å². The SMILES string of the molecule is CC1=CCNC(C(=O)O)C1. The summed E-state index contributed by atoms with van der Waals surface area (Å²) in [6.07, 6.45) is 2.65. The summed E-state index contributed by atoms with van der Waals surface area (Å²) in [5.41, 5.74) is 1.16. The van der Waals surface area contributed by atoms with Crippen LogP contribution in [0.2, 0.25) is 0 Å². The van der Waals surface area contributed by atoms with E-state index in [1.54, 1.807) is 0 Å². The van der Waals surface area contributed by atoms with E-state index in [2.05, 4.69) is 5.32 Å². The lowest BCUT2D eigenvalue weighted by atomic mass is 10.0. The molecular formula is C7H11NO2. The second-order valence-electron chi connectivity index (χ2n) is 2.55. The Balaban J connectivity index is 2.53.